The summed E-state index contributed by atoms with van der Waals surface area (Å²) in [4.78, 5) is 11.7. The second-order valence-corrected chi connectivity index (χ2v) is 2.86. The number of nitrogens with zero attached hydrogens (tertiary/aromatic N) is 1. The van der Waals surface area contributed by atoms with Gasteiger partial charge in [0.15, 0.2) is 0 Å². The largest absolute Gasteiger partial charge is 0.453 e. The second kappa shape index (κ2) is 3.44. The molecule has 1 radical (unpaired) electrons. The molecule has 59 valence electrons. The van der Waals surface area contributed by atoms with E-state index in [1.807, 2.05) is 27.7 Å². The molecule has 0 aromatic heterocycles. The molecule has 3 nitrogen and oxygen atoms in total. The van der Waals surface area contributed by atoms with Gasteiger partial charge < -0.3 is 4.90 Å². The molecular weight excluding hydrogens is 130 g/mol. The number of hydrogen-bond acceptors (Lipinski definition) is 1. The van der Waals surface area contributed by atoms with Crippen LogP contribution in [-0.2, 0) is 5.11 Å². The third-order valence-electron chi connectivity index (χ3n) is 1.32. The van der Waals surface area contributed by atoms with E-state index >= 15 is 0 Å². The molecular formula is C7H14NO2. The van der Waals surface area contributed by atoms with Crippen molar-refractivity contribution in [2.45, 2.75) is 39.8 Å². The lowest BCUT2D eigenvalue weighted by molar-refractivity contribution is 0.0931. The van der Waals surface area contributed by atoms with E-state index in [9.17, 15) is 9.90 Å². The molecule has 0 bridgehead atoms. The Labute approximate surface area is 61.6 Å². The van der Waals surface area contributed by atoms with Crippen LogP contribution >= 0.6 is 0 Å². The van der Waals surface area contributed by atoms with Crippen molar-refractivity contribution in [1.29, 1.82) is 0 Å². The Hall–Kier alpha value is -0.730. The van der Waals surface area contributed by atoms with Crippen LogP contribution in [0.25, 0.3) is 0 Å². The van der Waals surface area contributed by atoms with Gasteiger partial charge in [0.05, 0.1) is 0 Å². The first-order chi connectivity index (χ1) is 4.46. The molecule has 0 aliphatic rings. The first-order valence-corrected chi connectivity index (χ1v) is 3.46. The highest BCUT2D eigenvalue weighted by Crippen LogP contribution is 2.04. The lowest BCUT2D eigenvalue weighted by atomic mass is 10.2. The minimum atomic E-state index is -1.09. The van der Waals surface area contributed by atoms with Crippen molar-refractivity contribution in [2.24, 2.45) is 0 Å². The van der Waals surface area contributed by atoms with Crippen molar-refractivity contribution in [2.75, 3.05) is 0 Å². The van der Waals surface area contributed by atoms with Crippen LogP contribution in [0.2, 0.25) is 0 Å². The molecule has 0 rings (SSSR count). The normalized spacial score (nSPS) is 10.6. The van der Waals surface area contributed by atoms with Gasteiger partial charge in [-0.15, -0.1) is 0 Å². The first kappa shape index (κ1) is 9.27. The maximum atomic E-state index is 10.4. The average Bonchev–Trinajstić information content (AvgIpc) is 1.59. The van der Waals surface area contributed by atoms with Crippen LogP contribution < -0.4 is 0 Å². The van der Waals surface area contributed by atoms with Crippen molar-refractivity contribution in [3.63, 3.8) is 0 Å². The van der Waals surface area contributed by atoms with Crippen molar-refractivity contribution < 1.29 is 9.90 Å². The summed E-state index contributed by atoms with van der Waals surface area (Å²) in [6.45, 7) is 7.32. The molecule has 0 fully saturated rings. The summed E-state index contributed by atoms with van der Waals surface area (Å²) in [5, 5.41) is 10.4. The molecule has 0 unspecified atom stereocenters. The Bertz CT molecular complexity index is 113. The van der Waals surface area contributed by atoms with Crippen LogP contribution in [-0.4, -0.2) is 23.1 Å². The predicted molar refractivity (Wildman–Crippen MR) is 38.2 cm³/mol. The Balaban J connectivity index is 4.12. The zero-order valence-electron chi connectivity index (χ0n) is 6.92. The summed E-state index contributed by atoms with van der Waals surface area (Å²) in [6, 6.07) is 0.00926. The Morgan fingerprint density at radius 1 is 1.10 bits per heavy atom. The lowest BCUT2D eigenvalue weighted by Gasteiger charge is -2.25. The molecule has 0 atom stereocenters. The van der Waals surface area contributed by atoms with Crippen LogP contribution in [0.15, 0.2) is 0 Å². The van der Waals surface area contributed by atoms with E-state index in [0.717, 1.165) is 0 Å². The summed E-state index contributed by atoms with van der Waals surface area (Å²) in [5.74, 6) is 0. The first-order valence-electron chi connectivity index (χ1n) is 3.46. The number of carbonyl (C=O) groups is 1. The van der Waals surface area contributed by atoms with Crippen LogP contribution in [0, 0.1) is 0 Å². The van der Waals surface area contributed by atoms with Gasteiger partial charge >= 0.3 is 6.09 Å². The number of rotatable bonds is 2. The molecule has 0 aliphatic carbocycles. The molecule has 0 saturated carbocycles. The van der Waals surface area contributed by atoms with Gasteiger partial charge in [-0.2, -0.15) is 0 Å². The summed E-state index contributed by atoms with van der Waals surface area (Å²) in [5.41, 5.74) is 0. The quantitative estimate of drug-likeness (QED) is 0.581. The van der Waals surface area contributed by atoms with Crippen LogP contribution in [0.5, 0.6) is 0 Å². The molecule has 1 amide bonds. The SMILES string of the molecule is CC(C)N(C([O])=O)C(C)C. The monoisotopic (exact) mass is 144 g/mol. The highest BCUT2D eigenvalue weighted by molar-refractivity contribution is 5.65. The minimum absolute atomic E-state index is 0.00463. The van der Waals surface area contributed by atoms with Crippen molar-refractivity contribution in [3.05, 3.63) is 0 Å². The zero-order valence-corrected chi connectivity index (χ0v) is 6.92. The highest BCUT2D eigenvalue weighted by atomic mass is 16.4. The maximum Gasteiger partial charge on any atom is 0.453 e. The lowest BCUT2D eigenvalue weighted by Crippen LogP contribution is -2.40. The van der Waals surface area contributed by atoms with Gasteiger partial charge in [0, 0.05) is 12.1 Å². The van der Waals surface area contributed by atoms with Crippen LogP contribution in [0.3, 0.4) is 0 Å². The third-order valence-corrected chi connectivity index (χ3v) is 1.32. The van der Waals surface area contributed by atoms with Crippen molar-refractivity contribution in [3.8, 4) is 0 Å². The zero-order chi connectivity index (χ0) is 8.31. The molecule has 0 spiro atoms. The summed E-state index contributed by atoms with van der Waals surface area (Å²) < 4.78 is 0. The van der Waals surface area contributed by atoms with Gasteiger partial charge in [-0.25, -0.2) is 9.90 Å². The number of carbonyl (C=O) groups excluding carboxylic acids is 1. The molecule has 0 aromatic carbocycles. The third kappa shape index (κ3) is 2.25. The molecule has 0 aliphatic heterocycles. The standard InChI is InChI=1S/C7H14NO2/c1-5(2)8(6(3)4)7(9)10/h5-6H,1-4H3. The van der Waals surface area contributed by atoms with Gasteiger partial charge in [-0.3, -0.25) is 0 Å². The Morgan fingerprint density at radius 3 is 1.40 bits per heavy atom. The van der Waals surface area contributed by atoms with E-state index in [1.54, 1.807) is 0 Å². The fourth-order valence-electron chi connectivity index (χ4n) is 1.02. The maximum absolute atomic E-state index is 10.4. The van der Waals surface area contributed by atoms with Gasteiger partial charge in [0.25, 0.3) is 0 Å². The Morgan fingerprint density at radius 2 is 1.40 bits per heavy atom. The molecule has 0 aromatic rings. The summed E-state index contributed by atoms with van der Waals surface area (Å²) in [6.07, 6.45) is -1.09. The predicted octanol–water partition coefficient (Wildman–Crippen LogP) is 1.66. The van der Waals surface area contributed by atoms with Gasteiger partial charge in [-0.05, 0) is 27.7 Å². The summed E-state index contributed by atoms with van der Waals surface area (Å²) in [7, 11) is 0. The Kier molecular flexibility index (Phi) is 3.19. The number of amides is 1. The van der Waals surface area contributed by atoms with E-state index < -0.39 is 6.09 Å². The van der Waals surface area contributed by atoms with Crippen molar-refractivity contribution >= 4 is 6.09 Å². The van der Waals surface area contributed by atoms with E-state index in [2.05, 4.69) is 0 Å². The molecule has 0 heterocycles. The smallest absolute Gasteiger partial charge is 0.300 e. The van der Waals surface area contributed by atoms with Gasteiger partial charge in [0.1, 0.15) is 0 Å². The van der Waals surface area contributed by atoms with Crippen LogP contribution in [0.1, 0.15) is 27.7 Å². The second-order valence-electron chi connectivity index (χ2n) is 2.86. The van der Waals surface area contributed by atoms with Crippen molar-refractivity contribution in [1.82, 2.24) is 4.90 Å². The fourth-order valence-corrected chi connectivity index (χ4v) is 1.02. The van der Waals surface area contributed by atoms with Gasteiger partial charge in [0.2, 0.25) is 0 Å². The molecule has 0 saturated heterocycles. The van der Waals surface area contributed by atoms with E-state index in [0.29, 0.717) is 0 Å². The number of hydrogen-bond donors (Lipinski definition) is 0. The molecule has 10 heavy (non-hydrogen) atoms. The average molecular weight is 144 g/mol. The van der Waals surface area contributed by atoms with E-state index in [-0.39, 0.29) is 12.1 Å². The highest BCUT2D eigenvalue weighted by Gasteiger charge is 2.19. The van der Waals surface area contributed by atoms with E-state index in [4.69, 9.17) is 0 Å². The minimum Gasteiger partial charge on any atom is -0.300 e. The fraction of sp³-hybridized carbons (Fsp3) is 0.857. The van der Waals surface area contributed by atoms with Gasteiger partial charge in [-0.1, -0.05) is 0 Å². The topological polar surface area (TPSA) is 40.2 Å². The van der Waals surface area contributed by atoms with E-state index in [1.165, 1.54) is 4.90 Å². The summed E-state index contributed by atoms with van der Waals surface area (Å²) >= 11 is 0. The molecule has 0 N–H and O–H groups in total. The molecule has 3 heteroatoms. The van der Waals surface area contributed by atoms with Crippen LogP contribution in [0.4, 0.5) is 4.79 Å².